The van der Waals surface area contributed by atoms with Crippen LogP contribution in [0.1, 0.15) is 20.8 Å². The lowest BCUT2D eigenvalue weighted by atomic mass is 9.83. The minimum absolute atomic E-state index is 0.0367. The normalized spacial score (nSPS) is 20.5. The Bertz CT molecular complexity index is 1360. The summed E-state index contributed by atoms with van der Waals surface area (Å²) in [7, 11) is 1.71. The molecular weight excluding hydrogens is 414 g/mol. The van der Waals surface area contributed by atoms with Crippen molar-refractivity contribution in [2.45, 2.75) is 32.9 Å². The van der Waals surface area contributed by atoms with Crippen LogP contribution in [0.2, 0.25) is 0 Å². The minimum atomic E-state index is -0.726. The molecule has 0 spiro atoms. The Hall–Kier alpha value is -3.71. The number of carbonyl (C=O) groups excluding carboxylic acids is 1. The lowest BCUT2D eigenvalue weighted by molar-refractivity contribution is -0.124. The Kier molecular flexibility index (Phi) is 5.68. The number of rotatable bonds is 5. The van der Waals surface area contributed by atoms with Crippen molar-refractivity contribution in [2.75, 3.05) is 4.90 Å². The van der Waals surface area contributed by atoms with Crippen molar-refractivity contribution < 1.29 is 4.79 Å². The lowest BCUT2D eigenvalue weighted by Gasteiger charge is -2.28. The van der Waals surface area contributed by atoms with E-state index in [1.807, 2.05) is 63.3 Å². The second-order valence-corrected chi connectivity index (χ2v) is 8.96. The van der Waals surface area contributed by atoms with E-state index in [1.165, 1.54) is 10.6 Å². The number of anilines is 1. The molecular formula is C26H29N5O2. The Balaban J connectivity index is 1.77. The van der Waals surface area contributed by atoms with E-state index in [1.54, 1.807) is 35.1 Å². The fourth-order valence-electron chi connectivity index (χ4n) is 4.28. The summed E-state index contributed by atoms with van der Waals surface area (Å²) in [6.45, 7) is 9.92. The number of allylic oxidation sites excluding steroid dienone is 3. The Morgan fingerprint density at radius 1 is 1.15 bits per heavy atom. The van der Waals surface area contributed by atoms with E-state index in [-0.39, 0.29) is 17.5 Å². The zero-order valence-corrected chi connectivity index (χ0v) is 19.4. The molecule has 2 aromatic heterocycles. The summed E-state index contributed by atoms with van der Waals surface area (Å²) in [6, 6.07) is 8.28. The Labute approximate surface area is 193 Å². The first-order valence-corrected chi connectivity index (χ1v) is 10.9. The van der Waals surface area contributed by atoms with Gasteiger partial charge in [0.05, 0.1) is 28.9 Å². The number of nitrogens with two attached hydrogens (primary N) is 1. The van der Waals surface area contributed by atoms with Gasteiger partial charge in [0.15, 0.2) is 0 Å². The van der Waals surface area contributed by atoms with Crippen LogP contribution >= 0.6 is 0 Å². The summed E-state index contributed by atoms with van der Waals surface area (Å²) in [5, 5.41) is 5.38. The summed E-state index contributed by atoms with van der Waals surface area (Å²) in [5.41, 5.74) is 8.95. The van der Waals surface area contributed by atoms with Crippen molar-refractivity contribution in [1.82, 2.24) is 14.3 Å². The van der Waals surface area contributed by atoms with Gasteiger partial charge in [0.2, 0.25) is 11.5 Å². The quantitative estimate of drug-likeness (QED) is 0.612. The Morgan fingerprint density at radius 2 is 1.88 bits per heavy atom. The lowest BCUT2D eigenvalue weighted by Crippen LogP contribution is -2.44. The SMILES string of the molecule is C=C(/C=C\C=C/C)[C@@H]1[C@@H](N)C(C)(C)C(=O)N1c1ccc2c(cnn2-c2ccc(=O)n(C)c2)c1. The van der Waals surface area contributed by atoms with E-state index in [2.05, 4.69) is 11.7 Å². The fourth-order valence-corrected chi connectivity index (χ4v) is 4.28. The van der Waals surface area contributed by atoms with Gasteiger partial charge in [0, 0.05) is 36.4 Å². The summed E-state index contributed by atoms with van der Waals surface area (Å²) < 4.78 is 3.29. The van der Waals surface area contributed by atoms with E-state index >= 15 is 0 Å². The van der Waals surface area contributed by atoms with Crippen LogP contribution < -0.4 is 16.2 Å². The highest BCUT2D eigenvalue weighted by Crippen LogP contribution is 2.41. The number of benzene rings is 1. The molecule has 0 bridgehead atoms. The topological polar surface area (TPSA) is 86.2 Å². The first-order valence-electron chi connectivity index (χ1n) is 10.9. The highest BCUT2D eigenvalue weighted by atomic mass is 16.2. The molecule has 7 nitrogen and oxygen atoms in total. The molecule has 2 atom stereocenters. The number of fused-ring (bicyclic) bond motifs is 1. The van der Waals surface area contributed by atoms with E-state index < -0.39 is 11.5 Å². The van der Waals surface area contributed by atoms with E-state index in [0.717, 1.165) is 27.9 Å². The highest BCUT2D eigenvalue weighted by Gasteiger charge is 2.53. The van der Waals surface area contributed by atoms with Crippen molar-refractivity contribution >= 4 is 22.5 Å². The van der Waals surface area contributed by atoms with Gasteiger partial charge in [-0.25, -0.2) is 4.68 Å². The number of carbonyl (C=O) groups is 1. The summed E-state index contributed by atoms with van der Waals surface area (Å²) >= 11 is 0. The van der Waals surface area contributed by atoms with Crippen molar-refractivity contribution in [3.8, 4) is 5.69 Å². The molecule has 3 heterocycles. The number of aryl methyl sites for hydroxylation is 1. The average Bonchev–Trinajstić information content (AvgIpc) is 3.28. The van der Waals surface area contributed by atoms with Crippen molar-refractivity contribution in [3.63, 3.8) is 0 Å². The van der Waals surface area contributed by atoms with Gasteiger partial charge in [-0.15, -0.1) is 0 Å². The average molecular weight is 444 g/mol. The van der Waals surface area contributed by atoms with Crippen LogP contribution in [0.3, 0.4) is 0 Å². The molecule has 0 radical (unpaired) electrons. The largest absolute Gasteiger partial charge is 0.325 e. The minimum Gasteiger partial charge on any atom is -0.325 e. The third-order valence-electron chi connectivity index (χ3n) is 6.36. The van der Waals surface area contributed by atoms with Crippen molar-refractivity contribution in [2.24, 2.45) is 18.2 Å². The Morgan fingerprint density at radius 3 is 2.58 bits per heavy atom. The summed E-state index contributed by atoms with van der Waals surface area (Å²) in [6.07, 6.45) is 11.2. The zero-order valence-electron chi connectivity index (χ0n) is 19.4. The first kappa shape index (κ1) is 22.5. The number of pyridine rings is 1. The third kappa shape index (κ3) is 3.74. The van der Waals surface area contributed by atoms with Crippen LogP contribution in [-0.4, -0.2) is 32.3 Å². The molecule has 0 saturated carbocycles. The van der Waals surface area contributed by atoms with Gasteiger partial charge in [0.25, 0.3) is 0 Å². The highest BCUT2D eigenvalue weighted by molar-refractivity contribution is 6.03. The third-order valence-corrected chi connectivity index (χ3v) is 6.36. The molecule has 7 heteroatoms. The van der Waals surface area contributed by atoms with Gasteiger partial charge in [-0.3, -0.25) is 9.59 Å². The van der Waals surface area contributed by atoms with Gasteiger partial charge in [-0.2, -0.15) is 5.10 Å². The molecule has 3 aromatic rings. The van der Waals surface area contributed by atoms with Crippen LogP contribution in [0.5, 0.6) is 0 Å². The molecule has 0 aliphatic carbocycles. The van der Waals surface area contributed by atoms with Gasteiger partial charge in [0.1, 0.15) is 0 Å². The van der Waals surface area contributed by atoms with E-state index in [4.69, 9.17) is 5.73 Å². The second-order valence-electron chi connectivity index (χ2n) is 8.96. The number of amides is 1. The molecule has 0 unspecified atom stereocenters. The van der Waals surface area contributed by atoms with Crippen molar-refractivity contribution in [3.05, 3.63) is 89.5 Å². The predicted octanol–water partition coefficient (Wildman–Crippen LogP) is 3.48. The van der Waals surface area contributed by atoms with Gasteiger partial charge in [-0.1, -0.05) is 30.9 Å². The first-order chi connectivity index (χ1) is 15.7. The van der Waals surface area contributed by atoms with Gasteiger partial charge >= 0.3 is 0 Å². The van der Waals surface area contributed by atoms with Crippen LogP contribution in [0.25, 0.3) is 16.6 Å². The summed E-state index contributed by atoms with van der Waals surface area (Å²) in [4.78, 5) is 26.9. The monoisotopic (exact) mass is 443 g/mol. The number of nitrogens with zero attached hydrogens (tertiary/aromatic N) is 4. The zero-order chi connectivity index (χ0) is 23.9. The van der Waals surface area contributed by atoms with Gasteiger partial charge in [-0.05, 0) is 50.6 Å². The molecule has 2 N–H and O–H groups in total. The smallest absolute Gasteiger partial charge is 0.250 e. The van der Waals surface area contributed by atoms with Crippen LogP contribution in [0.4, 0.5) is 5.69 Å². The number of hydrogen-bond donors (Lipinski definition) is 1. The second kappa shape index (κ2) is 8.33. The molecule has 1 amide bonds. The fraction of sp³-hybridized carbons (Fsp3) is 0.269. The van der Waals surface area contributed by atoms with Crippen LogP contribution in [0.15, 0.2) is 84.0 Å². The predicted molar refractivity (Wildman–Crippen MR) is 132 cm³/mol. The molecule has 1 aliphatic rings. The summed E-state index contributed by atoms with van der Waals surface area (Å²) in [5.74, 6) is -0.0367. The molecule has 1 aromatic carbocycles. The van der Waals surface area contributed by atoms with E-state index in [9.17, 15) is 9.59 Å². The molecule has 1 fully saturated rings. The standard InChI is InChI=1S/C26H29N5O2/c1-6-7-8-9-17(2)23-24(27)26(3,4)25(33)30(23)19-10-12-21-18(14-19)15-28-31(21)20-11-13-22(32)29(5)16-20/h6-16,23-24H,2,27H2,1,3-5H3/b7-6-,9-8-/t23-,24-/m1/s1. The maximum atomic E-state index is 13.4. The number of hydrogen-bond acceptors (Lipinski definition) is 4. The molecule has 4 rings (SSSR count). The maximum absolute atomic E-state index is 13.4. The van der Waals surface area contributed by atoms with Crippen LogP contribution in [0, 0.1) is 5.41 Å². The molecule has 33 heavy (non-hydrogen) atoms. The molecule has 1 saturated heterocycles. The van der Waals surface area contributed by atoms with Gasteiger partial charge < -0.3 is 15.2 Å². The molecule has 170 valence electrons. The maximum Gasteiger partial charge on any atom is 0.250 e. The molecule has 1 aliphatic heterocycles. The number of aromatic nitrogens is 3. The van der Waals surface area contributed by atoms with E-state index in [0.29, 0.717) is 0 Å². The van der Waals surface area contributed by atoms with Crippen LogP contribution in [-0.2, 0) is 11.8 Å². The van der Waals surface area contributed by atoms with Crippen molar-refractivity contribution in [1.29, 1.82) is 0 Å².